The Balaban J connectivity index is 1.99. The van der Waals surface area contributed by atoms with Crippen molar-refractivity contribution in [2.75, 3.05) is 6.54 Å². The minimum absolute atomic E-state index is 0.305. The first kappa shape index (κ1) is 14.6. The van der Waals surface area contributed by atoms with Gasteiger partial charge in [-0.05, 0) is 24.1 Å². The molecular weight excluding hydrogens is 310 g/mol. The third-order valence-corrected chi connectivity index (χ3v) is 6.15. The summed E-state index contributed by atoms with van der Waals surface area (Å²) in [6.45, 7) is 3.19. The molecule has 0 aliphatic carbocycles. The summed E-state index contributed by atoms with van der Waals surface area (Å²) in [6.07, 6.45) is 3.57. The van der Waals surface area contributed by atoms with Crippen molar-refractivity contribution in [2.45, 2.75) is 30.8 Å². The Morgan fingerprint density at radius 3 is 2.90 bits per heavy atom. The van der Waals surface area contributed by atoms with Crippen molar-refractivity contribution in [3.63, 3.8) is 0 Å². The van der Waals surface area contributed by atoms with E-state index < -0.39 is 10.0 Å². The molecule has 5 nitrogen and oxygen atoms in total. The summed E-state index contributed by atoms with van der Waals surface area (Å²) in [5.74, 6) is 1.08. The Labute approximate surface area is 129 Å². The second kappa shape index (κ2) is 5.44. The van der Waals surface area contributed by atoms with Crippen molar-refractivity contribution in [1.82, 2.24) is 13.9 Å². The van der Waals surface area contributed by atoms with Crippen molar-refractivity contribution in [3.05, 3.63) is 47.5 Å². The van der Waals surface area contributed by atoms with Crippen LogP contribution in [0.3, 0.4) is 0 Å². The van der Waals surface area contributed by atoms with Crippen LogP contribution in [0.5, 0.6) is 0 Å². The van der Waals surface area contributed by atoms with Gasteiger partial charge in [0.05, 0.1) is 11.4 Å². The number of rotatable bonds is 3. The third kappa shape index (κ3) is 2.47. The second-order valence-corrected chi connectivity index (χ2v) is 7.22. The molecule has 112 valence electrons. The smallest absolute Gasteiger partial charge is 0.243 e. The van der Waals surface area contributed by atoms with Gasteiger partial charge in [0.2, 0.25) is 10.0 Å². The van der Waals surface area contributed by atoms with Gasteiger partial charge in [-0.1, -0.05) is 12.1 Å². The van der Waals surface area contributed by atoms with Crippen molar-refractivity contribution in [3.8, 4) is 0 Å². The van der Waals surface area contributed by atoms with Gasteiger partial charge in [0.1, 0.15) is 5.82 Å². The van der Waals surface area contributed by atoms with Crippen molar-refractivity contribution >= 4 is 21.6 Å². The average molecular weight is 326 g/mol. The zero-order valence-electron chi connectivity index (χ0n) is 11.7. The van der Waals surface area contributed by atoms with Crippen LogP contribution in [0.15, 0.2) is 35.5 Å². The van der Waals surface area contributed by atoms with Gasteiger partial charge < -0.3 is 4.57 Å². The van der Waals surface area contributed by atoms with Crippen LogP contribution in [0.2, 0.25) is 0 Å². The Morgan fingerprint density at radius 2 is 2.14 bits per heavy atom. The second-order valence-electron chi connectivity index (χ2n) is 5.05. The highest BCUT2D eigenvalue weighted by atomic mass is 35.5. The molecule has 1 aromatic carbocycles. The molecule has 2 heterocycles. The van der Waals surface area contributed by atoms with E-state index in [0.717, 1.165) is 17.0 Å². The Hall–Kier alpha value is -1.37. The number of fused-ring (bicyclic) bond motifs is 1. The van der Waals surface area contributed by atoms with Crippen LogP contribution in [0.25, 0.3) is 0 Å². The normalized spacial score (nSPS) is 15.9. The molecule has 0 N–H and O–H groups in total. The fourth-order valence-electron chi connectivity index (χ4n) is 2.58. The first-order valence-electron chi connectivity index (χ1n) is 6.68. The molecule has 1 aromatic heterocycles. The lowest BCUT2D eigenvalue weighted by Gasteiger charge is -2.27. The Morgan fingerprint density at radius 1 is 1.33 bits per heavy atom. The quantitative estimate of drug-likeness (QED) is 0.812. The van der Waals surface area contributed by atoms with Gasteiger partial charge >= 0.3 is 0 Å². The lowest BCUT2D eigenvalue weighted by Crippen LogP contribution is -2.38. The van der Waals surface area contributed by atoms with Gasteiger partial charge in [0, 0.05) is 31.4 Å². The lowest BCUT2D eigenvalue weighted by atomic mass is 10.1. The summed E-state index contributed by atoms with van der Waals surface area (Å²) in [6, 6.07) is 5.23. The number of aromatic nitrogens is 2. The number of alkyl halides is 1. The summed E-state index contributed by atoms with van der Waals surface area (Å²) in [7, 11) is -3.52. The van der Waals surface area contributed by atoms with Gasteiger partial charge in [-0.3, -0.25) is 0 Å². The van der Waals surface area contributed by atoms with Gasteiger partial charge in [0.15, 0.2) is 0 Å². The number of hydrogen-bond donors (Lipinski definition) is 0. The van der Waals surface area contributed by atoms with E-state index >= 15 is 0 Å². The fourth-order valence-corrected chi connectivity index (χ4v) is 4.52. The first-order chi connectivity index (χ1) is 10.0. The van der Waals surface area contributed by atoms with E-state index in [-0.39, 0.29) is 0 Å². The average Bonchev–Trinajstić information content (AvgIpc) is 2.94. The Kier molecular flexibility index (Phi) is 3.77. The number of halogens is 1. The first-order valence-corrected chi connectivity index (χ1v) is 8.66. The molecule has 0 radical (unpaired) electrons. The van der Waals surface area contributed by atoms with Crippen LogP contribution in [0, 0.1) is 6.92 Å². The van der Waals surface area contributed by atoms with Crippen molar-refractivity contribution < 1.29 is 8.42 Å². The maximum absolute atomic E-state index is 12.9. The molecule has 0 bridgehead atoms. The van der Waals surface area contributed by atoms with E-state index in [1.807, 2.05) is 16.8 Å². The molecule has 2 aromatic rings. The minimum atomic E-state index is -3.52. The van der Waals surface area contributed by atoms with Crippen LogP contribution < -0.4 is 0 Å². The molecule has 0 fully saturated rings. The summed E-state index contributed by atoms with van der Waals surface area (Å²) in [5.41, 5.74) is 1.57. The standard InChI is InChI=1S/C14H16ClN3O2S/c1-11-12(9-15)3-2-4-13(11)21(19,20)18-8-7-17-6-5-16-14(17)10-18/h2-6H,7-10H2,1H3. The van der Waals surface area contributed by atoms with E-state index in [2.05, 4.69) is 4.98 Å². The summed E-state index contributed by atoms with van der Waals surface area (Å²) >= 11 is 5.87. The molecule has 0 unspecified atom stereocenters. The van der Waals surface area contributed by atoms with Crippen molar-refractivity contribution in [2.24, 2.45) is 0 Å². The number of hydrogen-bond acceptors (Lipinski definition) is 3. The molecule has 1 aliphatic rings. The number of sulfonamides is 1. The molecular formula is C14H16ClN3O2S. The van der Waals surface area contributed by atoms with Gasteiger partial charge in [-0.2, -0.15) is 4.31 Å². The van der Waals surface area contributed by atoms with E-state index in [1.165, 1.54) is 4.31 Å². The lowest BCUT2D eigenvalue weighted by molar-refractivity contribution is 0.335. The van der Waals surface area contributed by atoms with Gasteiger partial charge in [0.25, 0.3) is 0 Å². The SMILES string of the molecule is Cc1c(CCl)cccc1S(=O)(=O)N1CCn2ccnc2C1. The predicted molar refractivity (Wildman–Crippen MR) is 80.6 cm³/mol. The Bertz CT molecular complexity index is 770. The number of benzene rings is 1. The topological polar surface area (TPSA) is 55.2 Å². The molecule has 0 amide bonds. The molecule has 3 rings (SSSR count). The van der Waals surface area contributed by atoms with E-state index in [9.17, 15) is 8.42 Å². The van der Waals surface area contributed by atoms with E-state index in [0.29, 0.717) is 30.4 Å². The monoisotopic (exact) mass is 325 g/mol. The highest BCUT2D eigenvalue weighted by molar-refractivity contribution is 7.89. The van der Waals surface area contributed by atoms with E-state index in [4.69, 9.17) is 11.6 Å². The van der Waals surface area contributed by atoms with Gasteiger partial charge in [-0.15, -0.1) is 11.6 Å². The van der Waals surface area contributed by atoms with Crippen LogP contribution in [-0.2, 0) is 29.0 Å². The van der Waals surface area contributed by atoms with Crippen LogP contribution in [0.1, 0.15) is 17.0 Å². The molecule has 0 saturated heterocycles. The van der Waals surface area contributed by atoms with Crippen molar-refractivity contribution in [1.29, 1.82) is 0 Å². The molecule has 0 atom stereocenters. The molecule has 0 saturated carbocycles. The molecule has 0 spiro atoms. The number of imidazole rings is 1. The predicted octanol–water partition coefficient (Wildman–Crippen LogP) is 2.13. The third-order valence-electron chi connectivity index (χ3n) is 3.87. The van der Waals surface area contributed by atoms with Crippen LogP contribution in [0.4, 0.5) is 0 Å². The van der Waals surface area contributed by atoms with Crippen LogP contribution in [-0.4, -0.2) is 28.8 Å². The number of nitrogens with zero attached hydrogens (tertiary/aromatic N) is 3. The highest BCUT2D eigenvalue weighted by Gasteiger charge is 2.30. The summed E-state index contributed by atoms with van der Waals surface area (Å²) in [5, 5.41) is 0. The van der Waals surface area contributed by atoms with E-state index in [1.54, 1.807) is 25.3 Å². The summed E-state index contributed by atoms with van der Waals surface area (Å²) < 4.78 is 29.2. The largest absolute Gasteiger partial charge is 0.333 e. The maximum atomic E-state index is 12.9. The molecule has 1 aliphatic heterocycles. The van der Waals surface area contributed by atoms with Crippen LogP contribution >= 0.6 is 11.6 Å². The minimum Gasteiger partial charge on any atom is -0.333 e. The zero-order chi connectivity index (χ0) is 15.0. The molecule has 7 heteroatoms. The van der Waals surface area contributed by atoms with Gasteiger partial charge in [-0.25, -0.2) is 13.4 Å². The molecule has 21 heavy (non-hydrogen) atoms. The fraction of sp³-hybridized carbons (Fsp3) is 0.357. The summed E-state index contributed by atoms with van der Waals surface area (Å²) in [4.78, 5) is 4.54. The zero-order valence-corrected chi connectivity index (χ0v) is 13.2. The highest BCUT2D eigenvalue weighted by Crippen LogP contribution is 2.26. The maximum Gasteiger partial charge on any atom is 0.243 e.